The second-order valence-electron chi connectivity index (χ2n) is 2.57. The molecule has 0 unspecified atom stereocenters. The van der Waals surface area contributed by atoms with Crippen LogP contribution in [-0.4, -0.2) is 38.2 Å². The molecular weight excluding hydrogens is 202 g/mol. The molecule has 6 nitrogen and oxygen atoms in total. The van der Waals surface area contributed by atoms with Crippen molar-refractivity contribution >= 4 is 0 Å². The van der Waals surface area contributed by atoms with Crippen LogP contribution in [-0.2, 0) is 4.74 Å². The first-order valence-corrected chi connectivity index (χ1v) is 4.16. The molecule has 84 valence electrons. The van der Waals surface area contributed by atoms with E-state index >= 15 is 0 Å². The smallest absolute Gasteiger partial charge is 0.264 e. The maximum absolute atomic E-state index is 9.28. The molecular formula is C9H13NO5. The highest BCUT2D eigenvalue weighted by molar-refractivity contribution is 5.49. The summed E-state index contributed by atoms with van der Waals surface area (Å²) < 4.78 is 19.9. The Balaban J connectivity index is 3.05. The van der Waals surface area contributed by atoms with Crippen LogP contribution in [0.3, 0.4) is 0 Å². The zero-order valence-corrected chi connectivity index (χ0v) is 8.81. The molecule has 15 heavy (non-hydrogen) atoms. The molecule has 0 aliphatic rings. The summed E-state index contributed by atoms with van der Waals surface area (Å²) in [6.07, 6.45) is 0. The maximum atomic E-state index is 9.28. The summed E-state index contributed by atoms with van der Waals surface area (Å²) >= 11 is 0. The number of ether oxygens (including phenoxy) is 4. The van der Waals surface area contributed by atoms with Gasteiger partial charge in [-0.05, 0) is 0 Å². The Labute approximate surface area is 87.4 Å². The average molecular weight is 215 g/mol. The molecule has 0 amide bonds. The lowest BCUT2D eigenvalue weighted by atomic mass is 10.4. The number of aromatic nitrogens is 1. The number of hydrogen-bond donors (Lipinski definition) is 1. The fourth-order valence-electron chi connectivity index (χ4n) is 1.03. The Hall–Kier alpha value is -1.69. The predicted octanol–water partition coefficient (Wildman–Crippen LogP) is 0.787. The zero-order valence-electron chi connectivity index (χ0n) is 8.81. The summed E-state index contributed by atoms with van der Waals surface area (Å²) in [6.45, 7) is 0.0446. The first kappa shape index (κ1) is 11.4. The second kappa shape index (κ2) is 5.26. The van der Waals surface area contributed by atoms with E-state index in [9.17, 15) is 5.11 Å². The highest BCUT2D eigenvalue weighted by atomic mass is 16.7. The van der Waals surface area contributed by atoms with Gasteiger partial charge in [0.05, 0.1) is 14.2 Å². The monoisotopic (exact) mass is 215 g/mol. The van der Waals surface area contributed by atoms with Crippen molar-refractivity contribution in [1.82, 2.24) is 4.98 Å². The molecule has 0 atom stereocenters. The average Bonchev–Trinajstić information content (AvgIpc) is 2.25. The molecule has 1 N–H and O–H groups in total. The summed E-state index contributed by atoms with van der Waals surface area (Å²) in [6, 6.07) is 1.32. The van der Waals surface area contributed by atoms with E-state index in [2.05, 4.69) is 4.98 Å². The van der Waals surface area contributed by atoms with Crippen LogP contribution in [0.1, 0.15) is 0 Å². The lowest BCUT2D eigenvalue weighted by Crippen LogP contribution is -2.02. The summed E-state index contributed by atoms with van der Waals surface area (Å²) in [5.74, 6) is 0.568. The van der Waals surface area contributed by atoms with Crippen molar-refractivity contribution in [3.05, 3.63) is 6.07 Å². The van der Waals surface area contributed by atoms with Gasteiger partial charge in [-0.25, -0.2) is 0 Å². The Morgan fingerprint density at radius 2 is 2.00 bits per heavy atom. The first-order chi connectivity index (χ1) is 7.22. The summed E-state index contributed by atoms with van der Waals surface area (Å²) in [5.41, 5.74) is 0. The normalized spacial score (nSPS) is 9.80. The summed E-state index contributed by atoms with van der Waals surface area (Å²) in [4.78, 5) is 3.72. The van der Waals surface area contributed by atoms with Crippen molar-refractivity contribution in [2.24, 2.45) is 0 Å². The van der Waals surface area contributed by atoms with Gasteiger partial charge in [0.25, 0.3) is 5.88 Å². The van der Waals surface area contributed by atoms with E-state index in [0.717, 1.165) is 0 Å². The Kier molecular flexibility index (Phi) is 3.99. The lowest BCUT2D eigenvalue weighted by molar-refractivity contribution is 0.0485. The van der Waals surface area contributed by atoms with E-state index in [4.69, 9.17) is 18.9 Å². The van der Waals surface area contributed by atoms with E-state index in [0.29, 0.717) is 11.5 Å². The second-order valence-corrected chi connectivity index (χ2v) is 2.57. The van der Waals surface area contributed by atoms with Gasteiger partial charge in [0.2, 0.25) is 11.6 Å². The molecule has 1 aromatic rings. The van der Waals surface area contributed by atoms with Gasteiger partial charge in [-0.1, -0.05) is 0 Å². The van der Waals surface area contributed by atoms with Gasteiger partial charge in [0.15, 0.2) is 12.5 Å². The minimum Gasteiger partial charge on any atom is -0.493 e. The minimum absolute atomic E-state index is 0.0446. The third kappa shape index (κ3) is 2.63. The van der Waals surface area contributed by atoms with Crippen molar-refractivity contribution in [3.63, 3.8) is 0 Å². The van der Waals surface area contributed by atoms with Crippen LogP contribution in [0.4, 0.5) is 0 Å². The van der Waals surface area contributed by atoms with Crippen LogP contribution in [0.25, 0.3) is 0 Å². The lowest BCUT2D eigenvalue weighted by Gasteiger charge is -2.12. The van der Waals surface area contributed by atoms with E-state index in [-0.39, 0.29) is 18.6 Å². The third-order valence-electron chi connectivity index (χ3n) is 1.62. The predicted molar refractivity (Wildman–Crippen MR) is 51.5 cm³/mol. The van der Waals surface area contributed by atoms with Gasteiger partial charge in [0.1, 0.15) is 0 Å². The summed E-state index contributed by atoms with van der Waals surface area (Å²) in [7, 11) is 4.37. The molecule has 0 bridgehead atoms. The number of pyridine rings is 1. The van der Waals surface area contributed by atoms with E-state index in [1.54, 1.807) is 0 Å². The number of nitrogens with zero attached hydrogens (tertiary/aromatic N) is 1. The molecule has 0 saturated carbocycles. The Morgan fingerprint density at radius 3 is 2.53 bits per heavy atom. The molecule has 0 aliphatic heterocycles. The van der Waals surface area contributed by atoms with Crippen molar-refractivity contribution in [1.29, 1.82) is 0 Å². The van der Waals surface area contributed by atoms with Crippen LogP contribution in [0, 0.1) is 0 Å². The number of aromatic hydroxyl groups is 1. The first-order valence-electron chi connectivity index (χ1n) is 4.16. The van der Waals surface area contributed by atoms with Crippen molar-refractivity contribution < 1.29 is 24.1 Å². The van der Waals surface area contributed by atoms with Crippen molar-refractivity contribution in [3.8, 4) is 23.3 Å². The van der Waals surface area contributed by atoms with Gasteiger partial charge in [0, 0.05) is 13.2 Å². The summed E-state index contributed by atoms with van der Waals surface area (Å²) in [5, 5.41) is 9.28. The van der Waals surface area contributed by atoms with E-state index in [1.165, 1.54) is 27.4 Å². The van der Waals surface area contributed by atoms with Crippen LogP contribution in [0.15, 0.2) is 6.07 Å². The Morgan fingerprint density at radius 1 is 1.27 bits per heavy atom. The maximum Gasteiger partial charge on any atom is 0.264 e. The molecule has 0 radical (unpaired) electrons. The van der Waals surface area contributed by atoms with Crippen LogP contribution in [0.5, 0.6) is 23.3 Å². The van der Waals surface area contributed by atoms with Gasteiger partial charge in [-0.2, -0.15) is 4.98 Å². The molecule has 0 saturated heterocycles. The SMILES string of the molecule is COCOc1cc(O)nc(OC)c1OC. The number of rotatable bonds is 5. The minimum atomic E-state index is -0.209. The molecule has 1 aromatic heterocycles. The number of methoxy groups -OCH3 is 3. The molecule has 1 heterocycles. The fraction of sp³-hybridized carbons (Fsp3) is 0.444. The molecule has 0 spiro atoms. The van der Waals surface area contributed by atoms with Crippen LogP contribution >= 0.6 is 0 Å². The van der Waals surface area contributed by atoms with Gasteiger partial charge < -0.3 is 24.1 Å². The molecule has 0 aliphatic carbocycles. The fourth-order valence-corrected chi connectivity index (χ4v) is 1.03. The highest BCUT2D eigenvalue weighted by Gasteiger charge is 2.15. The van der Waals surface area contributed by atoms with Crippen molar-refractivity contribution in [2.45, 2.75) is 0 Å². The van der Waals surface area contributed by atoms with Crippen molar-refractivity contribution in [2.75, 3.05) is 28.1 Å². The van der Waals surface area contributed by atoms with Crippen LogP contribution in [0.2, 0.25) is 0 Å². The van der Waals surface area contributed by atoms with E-state index < -0.39 is 0 Å². The van der Waals surface area contributed by atoms with E-state index in [1.807, 2.05) is 0 Å². The number of hydrogen-bond acceptors (Lipinski definition) is 6. The zero-order chi connectivity index (χ0) is 11.3. The molecule has 0 fully saturated rings. The third-order valence-corrected chi connectivity index (χ3v) is 1.62. The molecule has 0 aromatic carbocycles. The van der Waals surface area contributed by atoms with Gasteiger partial charge >= 0.3 is 0 Å². The Bertz CT molecular complexity index is 329. The highest BCUT2D eigenvalue weighted by Crippen LogP contribution is 2.37. The standard InChI is InChI=1S/C9H13NO5/c1-12-5-15-6-4-7(11)10-9(14-3)8(6)13-2/h4H,5H2,1-3H3,(H,10,11). The van der Waals surface area contributed by atoms with Crippen LogP contribution < -0.4 is 14.2 Å². The molecule has 6 heteroatoms. The molecule has 1 rings (SSSR count). The van der Waals surface area contributed by atoms with Gasteiger partial charge in [-0.15, -0.1) is 0 Å². The largest absolute Gasteiger partial charge is 0.493 e. The quantitative estimate of drug-likeness (QED) is 0.732. The van der Waals surface area contributed by atoms with Gasteiger partial charge in [-0.3, -0.25) is 0 Å². The topological polar surface area (TPSA) is 70.0 Å².